The van der Waals surface area contributed by atoms with Gasteiger partial charge in [-0.2, -0.15) is 0 Å². The lowest BCUT2D eigenvalue weighted by Gasteiger charge is -2.32. The van der Waals surface area contributed by atoms with Crippen molar-refractivity contribution in [3.8, 4) is 5.75 Å². The minimum Gasteiger partial charge on any atom is -0.496 e. The molecule has 5 nitrogen and oxygen atoms in total. The van der Waals surface area contributed by atoms with E-state index in [1.807, 2.05) is 0 Å². The summed E-state index contributed by atoms with van der Waals surface area (Å²) in [5.41, 5.74) is 0.366. The number of amides is 2. The van der Waals surface area contributed by atoms with Gasteiger partial charge in [0.2, 0.25) is 0 Å². The van der Waals surface area contributed by atoms with E-state index in [1.54, 1.807) is 31.1 Å². The molecule has 0 radical (unpaired) electrons. The molecule has 1 heterocycles. The zero-order chi connectivity index (χ0) is 16.1. The minimum absolute atomic E-state index is 0.188. The number of piperidine rings is 1. The number of benzene rings is 1. The van der Waals surface area contributed by atoms with Gasteiger partial charge in [-0.1, -0.05) is 6.07 Å². The summed E-state index contributed by atoms with van der Waals surface area (Å²) >= 11 is 0. The Labute approximate surface area is 130 Å². The lowest BCUT2D eigenvalue weighted by Crippen LogP contribution is -2.46. The van der Waals surface area contributed by atoms with Crippen molar-refractivity contribution in [1.29, 1.82) is 0 Å². The predicted molar refractivity (Wildman–Crippen MR) is 81.5 cm³/mol. The molecule has 1 aromatic rings. The van der Waals surface area contributed by atoms with Gasteiger partial charge in [0.15, 0.2) is 0 Å². The number of ether oxygens (including phenoxy) is 2. The molecule has 1 N–H and O–H groups in total. The van der Waals surface area contributed by atoms with Gasteiger partial charge in [-0.3, -0.25) is 0 Å². The van der Waals surface area contributed by atoms with Gasteiger partial charge in [-0.15, -0.1) is 0 Å². The van der Waals surface area contributed by atoms with Gasteiger partial charge in [0.1, 0.15) is 11.6 Å². The molecule has 1 fully saturated rings. The number of hydrogen-bond donors (Lipinski definition) is 1. The van der Waals surface area contributed by atoms with Crippen molar-refractivity contribution in [3.05, 3.63) is 29.6 Å². The zero-order valence-corrected chi connectivity index (χ0v) is 13.3. The quantitative estimate of drug-likeness (QED) is 0.930. The van der Waals surface area contributed by atoms with Gasteiger partial charge >= 0.3 is 6.03 Å². The van der Waals surface area contributed by atoms with Crippen LogP contribution in [0.15, 0.2) is 18.2 Å². The fourth-order valence-electron chi connectivity index (χ4n) is 2.76. The van der Waals surface area contributed by atoms with Crippen LogP contribution in [0.5, 0.6) is 5.75 Å². The first-order valence-corrected chi connectivity index (χ1v) is 7.47. The van der Waals surface area contributed by atoms with Crippen LogP contribution < -0.4 is 10.1 Å². The molecular weight excluding hydrogens is 287 g/mol. The molecule has 1 aliphatic rings. The second kappa shape index (κ2) is 7.45. The average molecular weight is 310 g/mol. The maximum atomic E-state index is 14.0. The average Bonchev–Trinajstić information content (AvgIpc) is 2.54. The third-order valence-corrected chi connectivity index (χ3v) is 4.07. The van der Waals surface area contributed by atoms with Crippen molar-refractivity contribution in [2.24, 2.45) is 0 Å². The highest BCUT2D eigenvalue weighted by molar-refractivity contribution is 5.75. The molecule has 122 valence electrons. The molecule has 2 rings (SSSR count). The first kappa shape index (κ1) is 16.5. The van der Waals surface area contributed by atoms with Gasteiger partial charge in [-0.05, 0) is 31.9 Å². The van der Waals surface area contributed by atoms with Crippen molar-refractivity contribution >= 4 is 6.03 Å². The Bertz CT molecular complexity index is 516. The number of halogens is 1. The summed E-state index contributed by atoms with van der Waals surface area (Å²) in [5.74, 6) is 0.0520. The number of nitrogens with zero attached hydrogens (tertiary/aromatic N) is 1. The maximum Gasteiger partial charge on any atom is 0.317 e. The summed E-state index contributed by atoms with van der Waals surface area (Å²) in [6.07, 6.45) is 1.86. The molecule has 0 spiro atoms. The smallest absolute Gasteiger partial charge is 0.317 e. The number of carbonyl (C=O) groups excluding carboxylic acids is 1. The molecule has 6 heteroatoms. The highest BCUT2D eigenvalue weighted by atomic mass is 19.1. The summed E-state index contributed by atoms with van der Waals surface area (Å²) in [6.45, 7) is 3.04. The molecule has 1 atom stereocenters. The molecule has 1 aromatic carbocycles. The van der Waals surface area contributed by atoms with E-state index in [-0.39, 0.29) is 18.0 Å². The Balaban J connectivity index is 2.00. The maximum absolute atomic E-state index is 14.0. The topological polar surface area (TPSA) is 50.8 Å². The fraction of sp³-hybridized carbons (Fsp3) is 0.562. The monoisotopic (exact) mass is 310 g/mol. The Morgan fingerprint density at radius 3 is 2.64 bits per heavy atom. The summed E-state index contributed by atoms with van der Waals surface area (Å²) in [7, 11) is 3.18. The third kappa shape index (κ3) is 3.68. The lowest BCUT2D eigenvalue weighted by atomic mass is 10.1. The van der Waals surface area contributed by atoms with Crippen molar-refractivity contribution in [2.75, 3.05) is 27.3 Å². The van der Waals surface area contributed by atoms with Gasteiger partial charge in [0.05, 0.1) is 24.8 Å². The third-order valence-electron chi connectivity index (χ3n) is 4.07. The predicted octanol–water partition coefficient (Wildman–Crippen LogP) is 2.72. The number of nitrogens with one attached hydrogen (secondary N) is 1. The molecule has 2 amide bonds. The van der Waals surface area contributed by atoms with Crippen LogP contribution in [0.25, 0.3) is 0 Å². The fourth-order valence-corrected chi connectivity index (χ4v) is 2.76. The Morgan fingerprint density at radius 2 is 2.05 bits per heavy atom. The van der Waals surface area contributed by atoms with Crippen LogP contribution in [-0.2, 0) is 4.74 Å². The van der Waals surface area contributed by atoms with Crippen LogP contribution in [0.2, 0.25) is 0 Å². The number of methoxy groups -OCH3 is 2. The highest BCUT2D eigenvalue weighted by Crippen LogP contribution is 2.27. The summed E-state index contributed by atoms with van der Waals surface area (Å²) in [6, 6.07) is 3.98. The molecular formula is C16H23FN2O3. The molecule has 1 saturated heterocycles. The van der Waals surface area contributed by atoms with E-state index in [1.165, 1.54) is 13.2 Å². The van der Waals surface area contributed by atoms with Crippen LogP contribution in [0.4, 0.5) is 9.18 Å². The Hall–Kier alpha value is -1.82. The molecule has 0 saturated carbocycles. The van der Waals surface area contributed by atoms with E-state index in [9.17, 15) is 9.18 Å². The van der Waals surface area contributed by atoms with Crippen molar-refractivity contribution in [1.82, 2.24) is 10.2 Å². The zero-order valence-electron chi connectivity index (χ0n) is 13.3. The van der Waals surface area contributed by atoms with Crippen molar-refractivity contribution in [3.63, 3.8) is 0 Å². The van der Waals surface area contributed by atoms with Gasteiger partial charge < -0.3 is 19.7 Å². The van der Waals surface area contributed by atoms with E-state index >= 15 is 0 Å². The normalized spacial score (nSPS) is 17.2. The van der Waals surface area contributed by atoms with Crippen LogP contribution in [0.1, 0.15) is 31.4 Å². The number of likely N-dealkylation sites (tertiary alicyclic amines) is 1. The van der Waals surface area contributed by atoms with Gasteiger partial charge in [0.25, 0.3) is 0 Å². The molecule has 0 bridgehead atoms. The molecule has 1 aliphatic heterocycles. The van der Waals surface area contributed by atoms with Gasteiger partial charge in [0, 0.05) is 20.2 Å². The summed E-state index contributed by atoms with van der Waals surface area (Å²) < 4.78 is 24.5. The Kier molecular flexibility index (Phi) is 5.60. The lowest BCUT2D eigenvalue weighted by molar-refractivity contribution is 0.0500. The van der Waals surface area contributed by atoms with Crippen LogP contribution in [-0.4, -0.2) is 44.3 Å². The highest BCUT2D eigenvalue weighted by Gasteiger charge is 2.25. The second-order valence-corrected chi connectivity index (χ2v) is 5.45. The summed E-state index contributed by atoms with van der Waals surface area (Å²) in [5, 5.41) is 2.84. The van der Waals surface area contributed by atoms with Crippen LogP contribution >= 0.6 is 0 Å². The number of urea groups is 1. The van der Waals surface area contributed by atoms with Crippen molar-refractivity contribution < 1.29 is 18.7 Å². The first-order chi connectivity index (χ1) is 10.6. The molecule has 0 unspecified atom stereocenters. The molecule has 0 aliphatic carbocycles. The largest absolute Gasteiger partial charge is 0.496 e. The standard InChI is InChI=1S/C16H23FN2O3/c1-11(15-13(17)5-4-6-14(15)22-3)18-16(20)19-9-7-12(21-2)8-10-19/h4-6,11-12H,7-10H2,1-3H3,(H,18,20)/t11-/m0/s1. The SMILES string of the molecule is COc1cccc(F)c1[C@H](C)NC(=O)N1CCC(OC)CC1. The van der Waals surface area contributed by atoms with Gasteiger partial charge in [-0.25, -0.2) is 9.18 Å². The first-order valence-electron chi connectivity index (χ1n) is 7.47. The molecule has 0 aromatic heterocycles. The van der Waals surface area contributed by atoms with E-state index in [0.717, 1.165) is 12.8 Å². The summed E-state index contributed by atoms with van der Waals surface area (Å²) in [4.78, 5) is 14.0. The number of hydrogen-bond acceptors (Lipinski definition) is 3. The molecule has 22 heavy (non-hydrogen) atoms. The number of carbonyl (C=O) groups is 1. The minimum atomic E-state index is -0.469. The van der Waals surface area contributed by atoms with E-state index in [0.29, 0.717) is 24.4 Å². The number of rotatable bonds is 4. The van der Waals surface area contributed by atoms with Crippen LogP contribution in [0.3, 0.4) is 0 Å². The van der Waals surface area contributed by atoms with E-state index in [2.05, 4.69) is 5.32 Å². The van der Waals surface area contributed by atoms with Crippen molar-refractivity contribution in [2.45, 2.75) is 31.9 Å². The second-order valence-electron chi connectivity index (χ2n) is 5.45. The van der Waals surface area contributed by atoms with Crippen LogP contribution in [0, 0.1) is 5.82 Å². The van der Waals surface area contributed by atoms with E-state index < -0.39 is 6.04 Å². The Morgan fingerprint density at radius 1 is 1.36 bits per heavy atom. The van der Waals surface area contributed by atoms with E-state index in [4.69, 9.17) is 9.47 Å².